The molecule has 0 radical (unpaired) electrons. The van der Waals surface area contributed by atoms with Gasteiger partial charge in [0.05, 0.1) is 17.4 Å². The Bertz CT molecular complexity index is 703. The van der Waals surface area contributed by atoms with E-state index in [4.69, 9.17) is 10.2 Å². The maximum atomic E-state index is 12.5. The lowest BCUT2D eigenvalue weighted by Gasteiger charge is -2.07. The molecule has 0 unspecified atom stereocenters. The van der Waals surface area contributed by atoms with E-state index in [2.05, 4.69) is 0 Å². The maximum absolute atomic E-state index is 12.5. The van der Waals surface area contributed by atoms with E-state index in [9.17, 15) is 22.8 Å². The second-order valence-electron chi connectivity index (χ2n) is 3.93. The van der Waals surface area contributed by atoms with Gasteiger partial charge in [-0.15, -0.1) is 0 Å². The molecule has 0 spiro atoms. The maximum Gasteiger partial charge on any atom is 0.416 e. The first-order chi connectivity index (χ1) is 8.77. The summed E-state index contributed by atoms with van der Waals surface area (Å²) in [6.07, 6.45) is -4.82. The van der Waals surface area contributed by atoms with Crippen molar-refractivity contribution in [3.8, 4) is 0 Å². The largest absolute Gasteiger partial charge is 0.460 e. The number of hydrogen-bond acceptors (Lipinski definition) is 3. The third-order valence-corrected chi connectivity index (χ3v) is 2.45. The van der Waals surface area contributed by atoms with Gasteiger partial charge in [0.15, 0.2) is 5.43 Å². The van der Waals surface area contributed by atoms with Gasteiger partial charge < -0.3 is 10.2 Å². The fourth-order valence-electron chi connectivity index (χ4n) is 1.64. The van der Waals surface area contributed by atoms with E-state index < -0.39 is 23.1 Å². The van der Waals surface area contributed by atoms with Crippen molar-refractivity contribution in [3.05, 3.63) is 45.8 Å². The fourth-order valence-corrected chi connectivity index (χ4v) is 1.64. The monoisotopic (exact) mass is 271 g/mol. The van der Waals surface area contributed by atoms with Crippen LogP contribution in [0.25, 0.3) is 11.0 Å². The molecule has 19 heavy (non-hydrogen) atoms. The normalized spacial score (nSPS) is 11.7. The van der Waals surface area contributed by atoms with Crippen LogP contribution < -0.4 is 11.2 Å². The lowest BCUT2D eigenvalue weighted by Crippen LogP contribution is -2.15. The molecule has 1 aromatic heterocycles. The van der Waals surface area contributed by atoms with Crippen molar-refractivity contribution >= 4 is 16.9 Å². The number of primary amides is 1. The Balaban J connectivity index is 2.60. The van der Waals surface area contributed by atoms with Crippen molar-refractivity contribution in [2.24, 2.45) is 5.73 Å². The highest BCUT2D eigenvalue weighted by molar-refractivity contribution is 5.79. The van der Waals surface area contributed by atoms with Gasteiger partial charge in [-0.25, -0.2) is 0 Å². The Labute approximate surface area is 104 Å². The van der Waals surface area contributed by atoms with Crippen LogP contribution in [0.5, 0.6) is 0 Å². The molecule has 0 saturated carbocycles. The summed E-state index contributed by atoms with van der Waals surface area (Å²) in [5, 5.41) is -0.192. The van der Waals surface area contributed by atoms with E-state index in [0.717, 1.165) is 24.3 Å². The molecule has 0 aliphatic carbocycles. The number of nitrogens with two attached hydrogens (primary N) is 1. The molecule has 7 heteroatoms. The summed E-state index contributed by atoms with van der Waals surface area (Å²) in [5.74, 6) is -0.681. The zero-order chi connectivity index (χ0) is 14.2. The van der Waals surface area contributed by atoms with E-state index in [0.29, 0.717) is 0 Å². The predicted octanol–water partition coefficient (Wildman–Crippen LogP) is 1.84. The second-order valence-corrected chi connectivity index (χ2v) is 3.93. The standard InChI is InChI=1S/C12H8F3NO3/c13-12(14,15)6-1-2-10-8(3-6)9(17)4-7(19-10)5-11(16)18/h1-4H,5H2,(H2,16,18). The summed E-state index contributed by atoms with van der Waals surface area (Å²) >= 11 is 0. The number of hydrogen-bond donors (Lipinski definition) is 1. The SMILES string of the molecule is NC(=O)Cc1cc(=O)c2cc(C(F)(F)F)ccc2o1. The number of alkyl halides is 3. The first-order valence-corrected chi connectivity index (χ1v) is 5.19. The summed E-state index contributed by atoms with van der Waals surface area (Å²) in [7, 11) is 0. The number of rotatable bonds is 2. The van der Waals surface area contributed by atoms with Crippen LogP contribution in [0.3, 0.4) is 0 Å². The Morgan fingerprint density at radius 3 is 2.53 bits per heavy atom. The van der Waals surface area contributed by atoms with E-state index in [-0.39, 0.29) is 23.2 Å². The number of halogens is 3. The zero-order valence-electron chi connectivity index (χ0n) is 9.45. The van der Waals surface area contributed by atoms with Crippen molar-refractivity contribution in [3.63, 3.8) is 0 Å². The number of carbonyl (C=O) groups is 1. The molecule has 0 aliphatic heterocycles. The molecular weight excluding hydrogens is 263 g/mol. The molecule has 2 aromatic rings. The average Bonchev–Trinajstić information content (AvgIpc) is 2.26. The molecule has 4 nitrogen and oxygen atoms in total. The number of carbonyl (C=O) groups excluding carboxylic acids is 1. The molecule has 0 atom stereocenters. The van der Waals surface area contributed by atoms with Crippen molar-refractivity contribution in [2.45, 2.75) is 12.6 Å². The first-order valence-electron chi connectivity index (χ1n) is 5.19. The van der Waals surface area contributed by atoms with E-state index in [1.165, 1.54) is 0 Å². The molecule has 1 aromatic carbocycles. The highest BCUT2D eigenvalue weighted by Crippen LogP contribution is 2.30. The van der Waals surface area contributed by atoms with Gasteiger partial charge >= 0.3 is 6.18 Å². The van der Waals surface area contributed by atoms with Crippen LogP contribution in [-0.2, 0) is 17.4 Å². The molecule has 0 saturated heterocycles. The van der Waals surface area contributed by atoms with Crippen molar-refractivity contribution < 1.29 is 22.4 Å². The van der Waals surface area contributed by atoms with Gasteiger partial charge in [-0.2, -0.15) is 13.2 Å². The number of fused-ring (bicyclic) bond motifs is 1. The minimum absolute atomic E-state index is 0.0169. The van der Waals surface area contributed by atoms with Crippen LogP contribution in [0.1, 0.15) is 11.3 Å². The molecule has 0 fully saturated rings. The van der Waals surface area contributed by atoms with Crippen LogP contribution in [0.2, 0.25) is 0 Å². The Morgan fingerprint density at radius 1 is 1.26 bits per heavy atom. The molecule has 0 bridgehead atoms. The number of amides is 1. The average molecular weight is 271 g/mol. The van der Waals surface area contributed by atoms with Crippen LogP contribution in [0, 0.1) is 0 Å². The Hall–Kier alpha value is -2.31. The smallest absolute Gasteiger partial charge is 0.416 e. The molecule has 100 valence electrons. The third kappa shape index (κ3) is 2.75. The lowest BCUT2D eigenvalue weighted by molar-refractivity contribution is -0.137. The highest BCUT2D eigenvalue weighted by atomic mass is 19.4. The van der Waals surface area contributed by atoms with Gasteiger partial charge in [-0.1, -0.05) is 0 Å². The quantitative estimate of drug-likeness (QED) is 0.905. The van der Waals surface area contributed by atoms with Crippen LogP contribution in [0.4, 0.5) is 13.2 Å². The third-order valence-electron chi connectivity index (χ3n) is 2.45. The topological polar surface area (TPSA) is 73.3 Å². The van der Waals surface area contributed by atoms with Crippen molar-refractivity contribution in [1.82, 2.24) is 0 Å². The summed E-state index contributed by atoms with van der Waals surface area (Å²) < 4.78 is 42.7. The minimum Gasteiger partial charge on any atom is -0.460 e. The summed E-state index contributed by atoms with van der Waals surface area (Å²) in [6.45, 7) is 0. The Morgan fingerprint density at radius 2 is 1.95 bits per heavy atom. The molecular formula is C12H8F3NO3. The van der Waals surface area contributed by atoms with Crippen molar-refractivity contribution in [2.75, 3.05) is 0 Å². The number of benzene rings is 1. The van der Waals surface area contributed by atoms with Crippen LogP contribution in [-0.4, -0.2) is 5.91 Å². The molecule has 2 N–H and O–H groups in total. The van der Waals surface area contributed by atoms with E-state index >= 15 is 0 Å². The van der Waals surface area contributed by atoms with Crippen LogP contribution >= 0.6 is 0 Å². The summed E-state index contributed by atoms with van der Waals surface area (Å²) in [4.78, 5) is 22.4. The van der Waals surface area contributed by atoms with Gasteiger partial charge in [0.2, 0.25) is 5.91 Å². The molecule has 1 heterocycles. The minimum atomic E-state index is -4.54. The van der Waals surface area contributed by atoms with Crippen LogP contribution in [0.15, 0.2) is 33.5 Å². The van der Waals surface area contributed by atoms with E-state index in [1.54, 1.807) is 0 Å². The van der Waals surface area contributed by atoms with Gasteiger partial charge in [-0.05, 0) is 18.2 Å². The lowest BCUT2D eigenvalue weighted by atomic mass is 10.1. The summed E-state index contributed by atoms with van der Waals surface area (Å²) in [5.41, 5.74) is 3.35. The van der Waals surface area contributed by atoms with Gasteiger partial charge in [0.1, 0.15) is 11.3 Å². The van der Waals surface area contributed by atoms with E-state index in [1.807, 2.05) is 0 Å². The van der Waals surface area contributed by atoms with Crippen molar-refractivity contribution in [1.29, 1.82) is 0 Å². The summed E-state index contributed by atoms with van der Waals surface area (Å²) in [6, 6.07) is 3.53. The predicted molar refractivity (Wildman–Crippen MR) is 60.4 cm³/mol. The fraction of sp³-hybridized carbons (Fsp3) is 0.167. The van der Waals surface area contributed by atoms with Gasteiger partial charge in [-0.3, -0.25) is 9.59 Å². The zero-order valence-corrected chi connectivity index (χ0v) is 9.45. The molecule has 1 amide bonds. The molecule has 2 rings (SSSR count). The molecule has 0 aliphatic rings. The van der Waals surface area contributed by atoms with Gasteiger partial charge in [0, 0.05) is 6.07 Å². The highest BCUT2D eigenvalue weighted by Gasteiger charge is 2.30. The first kappa shape index (κ1) is 13.1. The van der Waals surface area contributed by atoms with Gasteiger partial charge in [0.25, 0.3) is 0 Å². The Kier molecular flexibility index (Phi) is 3.05. The second kappa shape index (κ2) is 4.42.